The lowest BCUT2D eigenvalue weighted by Crippen LogP contribution is -2.66. The second-order valence-electron chi connectivity index (χ2n) is 5.04. The summed E-state index contributed by atoms with van der Waals surface area (Å²) in [5.74, 6) is -0.0853. The maximum atomic E-state index is 11.7. The highest BCUT2D eigenvalue weighted by molar-refractivity contribution is 7.92. The summed E-state index contributed by atoms with van der Waals surface area (Å²) in [4.78, 5) is 13.2. The molecule has 5 nitrogen and oxygen atoms in total. The number of amides is 1. The van der Waals surface area contributed by atoms with Crippen LogP contribution in [0.2, 0.25) is 0 Å². The van der Waals surface area contributed by atoms with Gasteiger partial charge in [-0.15, -0.1) is 0 Å². The van der Waals surface area contributed by atoms with Crippen LogP contribution in [0, 0.1) is 5.92 Å². The Morgan fingerprint density at radius 2 is 1.94 bits per heavy atom. The van der Waals surface area contributed by atoms with Gasteiger partial charge in [0.15, 0.2) is 9.84 Å². The van der Waals surface area contributed by atoms with E-state index in [0.29, 0.717) is 5.92 Å². The maximum Gasteiger partial charge on any atom is 0.240 e. The van der Waals surface area contributed by atoms with E-state index in [1.54, 1.807) is 0 Å². The van der Waals surface area contributed by atoms with Crippen molar-refractivity contribution < 1.29 is 18.3 Å². The molecule has 6 heteroatoms. The topological polar surface area (TPSA) is 74.7 Å². The lowest BCUT2D eigenvalue weighted by atomic mass is 9.88. The first kappa shape index (κ1) is 11.9. The van der Waals surface area contributed by atoms with Gasteiger partial charge in [0.05, 0.1) is 13.1 Å². The molecule has 1 saturated carbocycles. The number of carbonyl (C=O) groups excluding carboxylic acids is 1. The van der Waals surface area contributed by atoms with Crippen molar-refractivity contribution in [3.05, 3.63) is 0 Å². The van der Waals surface area contributed by atoms with Crippen molar-refractivity contribution in [2.24, 2.45) is 5.92 Å². The largest absolute Gasteiger partial charge is 0.386 e. The van der Waals surface area contributed by atoms with E-state index in [4.69, 9.17) is 0 Å². The van der Waals surface area contributed by atoms with Crippen molar-refractivity contribution in [3.8, 4) is 0 Å². The van der Waals surface area contributed by atoms with Gasteiger partial charge in [0.25, 0.3) is 0 Å². The molecule has 2 aliphatic rings. The van der Waals surface area contributed by atoms with Gasteiger partial charge in [0.2, 0.25) is 5.91 Å². The van der Waals surface area contributed by atoms with Crippen LogP contribution in [0.4, 0.5) is 0 Å². The number of rotatable bonds is 3. The van der Waals surface area contributed by atoms with Crippen LogP contribution >= 0.6 is 0 Å². The molecule has 1 heterocycles. The van der Waals surface area contributed by atoms with Gasteiger partial charge in [-0.25, -0.2) is 8.42 Å². The van der Waals surface area contributed by atoms with Crippen LogP contribution in [0.3, 0.4) is 0 Å². The van der Waals surface area contributed by atoms with Gasteiger partial charge in [-0.1, -0.05) is 0 Å². The lowest BCUT2D eigenvalue weighted by Gasteiger charge is -2.47. The van der Waals surface area contributed by atoms with Crippen LogP contribution in [0.5, 0.6) is 0 Å². The van der Waals surface area contributed by atoms with E-state index in [9.17, 15) is 18.3 Å². The second-order valence-corrected chi connectivity index (χ2v) is 7.41. The zero-order chi connectivity index (χ0) is 12.1. The fraction of sp³-hybridized carbons (Fsp3) is 0.900. The molecular weight excluding hydrogens is 230 g/mol. The summed E-state index contributed by atoms with van der Waals surface area (Å²) in [5.41, 5.74) is -0.743. The minimum atomic E-state index is -3.34. The molecule has 2 fully saturated rings. The molecule has 0 aromatic heterocycles. The second kappa shape index (κ2) is 3.43. The summed E-state index contributed by atoms with van der Waals surface area (Å²) in [7, 11) is -3.34. The van der Waals surface area contributed by atoms with Crippen LogP contribution < -0.4 is 0 Å². The first-order chi connectivity index (χ1) is 7.24. The number of nitrogens with zero attached hydrogens (tertiary/aromatic N) is 1. The third-order valence-corrected chi connectivity index (χ3v) is 5.05. The molecule has 0 aromatic rings. The lowest BCUT2D eigenvalue weighted by molar-refractivity contribution is -0.158. The van der Waals surface area contributed by atoms with Crippen LogP contribution in [0.25, 0.3) is 0 Å². The quantitative estimate of drug-likeness (QED) is 0.723. The van der Waals surface area contributed by atoms with Crippen molar-refractivity contribution in [2.75, 3.05) is 19.3 Å². The van der Waals surface area contributed by atoms with Gasteiger partial charge in [0, 0.05) is 6.26 Å². The molecule has 2 rings (SSSR count). The predicted octanol–water partition coefficient (Wildman–Crippen LogP) is -0.597. The van der Waals surface area contributed by atoms with Crippen molar-refractivity contribution in [3.63, 3.8) is 0 Å². The van der Waals surface area contributed by atoms with Gasteiger partial charge in [-0.3, -0.25) is 4.79 Å². The first-order valence-corrected chi connectivity index (χ1v) is 7.39. The molecule has 0 bridgehead atoms. The number of hydrogen-bond acceptors (Lipinski definition) is 4. The maximum absolute atomic E-state index is 11.7. The highest BCUT2D eigenvalue weighted by Crippen LogP contribution is 2.44. The Bertz CT molecular complexity index is 407. The molecule has 1 aliphatic heterocycles. The Kier molecular flexibility index (Phi) is 2.54. The zero-order valence-electron chi connectivity index (χ0n) is 9.51. The number of likely N-dealkylation sites (tertiary alicyclic amines) is 1. The summed E-state index contributed by atoms with van der Waals surface area (Å²) in [6.07, 6.45) is 3.09. The molecule has 92 valence electrons. The summed E-state index contributed by atoms with van der Waals surface area (Å²) in [6, 6.07) is 0. The van der Waals surface area contributed by atoms with Crippen molar-refractivity contribution in [1.29, 1.82) is 0 Å². The third kappa shape index (κ3) is 1.96. The summed E-state index contributed by atoms with van der Waals surface area (Å²) in [6.45, 7) is 1.97. The highest BCUT2D eigenvalue weighted by atomic mass is 32.2. The number of β-amino-alcohol motifs (C(OH)–C–C–N with tert-alkyl or cyclic N) is 1. The molecule has 1 atom stereocenters. The van der Waals surface area contributed by atoms with Gasteiger partial charge in [-0.05, 0) is 25.7 Å². The summed E-state index contributed by atoms with van der Waals surface area (Å²) < 4.78 is 22.4. The molecule has 16 heavy (non-hydrogen) atoms. The molecule has 1 N–H and O–H groups in total. The van der Waals surface area contributed by atoms with E-state index >= 15 is 0 Å². The number of sulfone groups is 1. The SMILES string of the molecule is CC(C(=O)N1CC(O)(C2CC2)C1)S(C)(=O)=O. The first-order valence-electron chi connectivity index (χ1n) is 5.44. The molecule has 1 amide bonds. The van der Waals surface area contributed by atoms with E-state index < -0.39 is 26.6 Å². The average Bonchev–Trinajstić information content (AvgIpc) is 2.92. The van der Waals surface area contributed by atoms with Gasteiger partial charge < -0.3 is 10.0 Å². The Morgan fingerprint density at radius 3 is 2.31 bits per heavy atom. The summed E-state index contributed by atoms with van der Waals surface area (Å²) in [5, 5.41) is 9.01. The monoisotopic (exact) mass is 247 g/mol. The van der Waals surface area contributed by atoms with Crippen molar-refractivity contribution in [1.82, 2.24) is 4.90 Å². The van der Waals surface area contributed by atoms with Crippen LogP contribution in [0.15, 0.2) is 0 Å². The minimum Gasteiger partial charge on any atom is -0.386 e. The Balaban J connectivity index is 1.94. The Hall–Kier alpha value is -0.620. The number of carbonyl (C=O) groups is 1. The molecule has 1 unspecified atom stereocenters. The fourth-order valence-corrected chi connectivity index (χ4v) is 2.61. The van der Waals surface area contributed by atoms with Gasteiger partial charge >= 0.3 is 0 Å². The molecule has 0 radical (unpaired) electrons. The molecule has 1 saturated heterocycles. The van der Waals surface area contributed by atoms with E-state index in [0.717, 1.165) is 19.1 Å². The van der Waals surface area contributed by atoms with E-state index in [1.165, 1.54) is 11.8 Å². The number of hydrogen-bond donors (Lipinski definition) is 1. The van der Waals surface area contributed by atoms with Crippen LogP contribution in [0.1, 0.15) is 19.8 Å². The van der Waals surface area contributed by atoms with E-state index in [2.05, 4.69) is 0 Å². The molecule has 1 aliphatic carbocycles. The van der Waals surface area contributed by atoms with E-state index in [-0.39, 0.29) is 13.1 Å². The smallest absolute Gasteiger partial charge is 0.240 e. The average molecular weight is 247 g/mol. The fourth-order valence-electron chi connectivity index (χ4n) is 2.09. The highest BCUT2D eigenvalue weighted by Gasteiger charge is 2.54. The van der Waals surface area contributed by atoms with E-state index in [1.807, 2.05) is 0 Å². The summed E-state index contributed by atoms with van der Waals surface area (Å²) >= 11 is 0. The third-order valence-electron chi connectivity index (χ3n) is 3.57. The Labute approximate surface area is 95.4 Å². The molecule has 0 spiro atoms. The predicted molar refractivity (Wildman–Crippen MR) is 58.6 cm³/mol. The Morgan fingerprint density at radius 1 is 1.44 bits per heavy atom. The van der Waals surface area contributed by atoms with Crippen LogP contribution in [-0.4, -0.2) is 54.5 Å². The van der Waals surface area contributed by atoms with Gasteiger partial charge in [0.1, 0.15) is 10.9 Å². The molecule has 0 aromatic carbocycles. The molecular formula is C10H17NO4S. The van der Waals surface area contributed by atoms with Crippen molar-refractivity contribution in [2.45, 2.75) is 30.6 Å². The van der Waals surface area contributed by atoms with Gasteiger partial charge in [-0.2, -0.15) is 0 Å². The normalized spacial score (nSPS) is 26.1. The standard InChI is InChI=1S/C10H17NO4S/c1-7(16(2,14)15)9(12)11-5-10(13,6-11)8-3-4-8/h7-8,13H,3-6H2,1-2H3. The van der Waals surface area contributed by atoms with Crippen molar-refractivity contribution >= 4 is 15.7 Å². The van der Waals surface area contributed by atoms with Crippen LogP contribution in [-0.2, 0) is 14.6 Å². The minimum absolute atomic E-state index is 0.288. The number of aliphatic hydroxyl groups is 1. The zero-order valence-corrected chi connectivity index (χ0v) is 10.3.